The molecule has 23 heavy (non-hydrogen) atoms. The molecule has 0 radical (unpaired) electrons. The predicted molar refractivity (Wildman–Crippen MR) is 93.1 cm³/mol. The van der Waals surface area contributed by atoms with Crippen LogP contribution in [0.1, 0.15) is 12.6 Å². The van der Waals surface area contributed by atoms with Crippen LogP contribution in [0.3, 0.4) is 0 Å². The third kappa shape index (κ3) is 3.12. The fraction of sp³-hybridized carbons (Fsp3) is 0.111. The Balaban J connectivity index is 2.05. The molecule has 2 aromatic carbocycles. The van der Waals surface area contributed by atoms with E-state index in [0.29, 0.717) is 5.02 Å². The van der Waals surface area contributed by atoms with Crippen molar-refractivity contribution in [3.8, 4) is 17.1 Å². The Bertz CT molecular complexity index is 853. The number of halogens is 1. The van der Waals surface area contributed by atoms with Gasteiger partial charge in [0.05, 0.1) is 5.02 Å². The number of nitrogens with one attached hydrogen (secondary N) is 1. The first-order valence-corrected chi connectivity index (χ1v) is 7.61. The molecule has 0 aliphatic carbocycles. The largest absolute Gasteiger partial charge is 0.326 e. The molecule has 0 fully saturated rings. The zero-order valence-corrected chi connectivity index (χ0v) is 13.6. The molecule has 4 nitrogen and oxygen atoms in total. The maximum absolute atomic E-state index is 11.1. The first-order valence-electron chi connectivity index (χ1n) is 7.23. The van der Waals surface area contributed by atoms with Crippen LogP contribution in [0.2, 0.25) is 5.02 Å². The number of hydrogen-bond acceptors (Lipinski definition) is 2. The van der Waals surface area contributed by atoms with Crippen molar-refractivity contribution in [3.05, 3.63) is 65.4 Å². The highest BCUT2D eigenvalue weighted by atomic mass is 35.5. The number of carbonyl (C=O) groups is 1. The van der Waals surface area contributed by atoms with Gasteiger partial charge in [-0.3, -0.25) is 9.36 Å². The van der Waals surface area contributed by atoms with E-state index in [-0.39, 0.29) is 5.91 Å². The lowest BCUT2D eigenvalue weighted by Gasteiger charge is -2.12. The molecule has 1 heterocycles. The van der Waals surface area contributed by atoms with Crippen LogP contribution in [0.4, 0.5) is 5.69 Å². The lowest BCUT2D eigenvalue weighted by Crippen LogP contribution is -2.06. The highest BCUT2D eigenvalue weighted by Crippen LogP contribution is 2.29. The molecule has 0 atom stereocenters. The number of hydrogen-bond donors (Lipinski definition) is 1. The van der Waals surface area contributed by atoms with Crippen molar-refractivity contribution < 1.29 is 4.79 Å². The maximum Gasteiger partial charge on any atom is 0.221 e. The van der Waals surface area contributed by atoms with Crippen molar-refractivity contribution in [3.63, 3.8) is 0 Å². The van der Waals surface area contributed by atoms with E-state index >= 15 is 0 Å². The minimum Gasteiger partial charge on any atom is -0.326 e. The number of carbonyl (C=O) groups excluding carboxylic acids is 1. The molecule has 1 N–H and O–H groups in total. The van der Waals surface area contributed by atoms with Gasteiger partial charge < -0.3 is 5.32 Å². The Morgan fingerprint density at radius 2 is 1.83 bits per heavy atom. The second-order valence-corrected chi connectivity index (χ2v) is 5.67. The summed E-state index contributed by atoms with van der Waals surface area (Å²) in [4.78, 5) is 15.6. The Morgan fingerprint density at radius 1 is 1.13 bits per heavy atom. The number of benzene rings is 2. The number of anilines is 1. The molecular weight excluding hydrogens is 310 g/mol. The van der Waals surface area contributed by atoms with Crippen LogP contribution in [0.5, 0.6) is 0 Å². The van der Waals surface area contributed by atoms with Crippen LogP contribution in [0.15, 0.2) is 54.7 Å². The Kier molecular flexibility index (Phi) is 4.17. The van der Waals surface area contributed by atoms with Crippen molar-refractivity contribution in [2.45, 2.75) is 13.8 Å². The van der Waals surface area contributed by atoms with Crippen molar-refractivity contribution >= 4 is 23.2 Å². The highest BCUT2D eigenvalue weighted by molar-refractivity contribution is 6.33. The van der Waals surface area contributed by atoms with E-state index in [0.717, 1.165) is 28.5 Å². The summed E-state index contributed by atoms with van der Waals surface area (Å²) in [6, 6.07) is 15.3. The number of nitrogens with zero attached hydrogens (tertiary/aromatic N) is 2. The van der Waals surface area contributed by atoms with E-state index in [1.54, 1.807) is 0 Å². The maximum atomic E-state index is 11.1. The zero-order valence-electron chi connectivity index (χ0n) is 12.9. The Hall–Kier alpha value is -2.59. The summed E-state index contributed by atoms with van der Waals surface area (Å²) in [6.45, 7) is 3.48. The molecule has 3 rings (SSSR count). The third-order valence-electron chi connectivity index (χ3n) is 3.50. The predicted octanol–water partition coefficient (Wildman–Crippen LogP) is 4.46. The van der Waals surface area contributed by atoms with Gasteiger partial charge in [-0.2, -0.15) is 0 Å². The van der Waals surface area contributed by atoms with Crippen LogP contribution in [0, 0.1) is 6.92 Å². The van der Waals surface area contributed by atoms with E-state index < -0.39 is 0 Å². The smallest absolute Gasteiger partial charge is 0.221 e. The molecule has 0 unspecified atom stereocenters. The summed E-state index contributed by atoms with van der Waals surface area (Å²) < 4.78 is 2.04. The minimum atomic E-state index is -0.0895. The van der Waals surface area contributed by atoms with Gasteiger partial charge in [0.2, 0.25) is 5.91 Å². The summed E-state index contributed by atoms with van der Waals surface area (Å²) in [5, 5.41) is 3.42. The molecule has 0 bridgehead atoms. The molecule has 0 aliphatic rings. The molecule has 1 amide bonds. The summed E-state index contributed by atoms with van der Waals surface area (Å²) >= 11 is 6.31. The number of aryl methyl sites for hydroxylation is 1. The van der Waals surface area contributed by atoms with Crippen LogP contribution < -0.4 is 5.32 Å². The van der Waals surface area contributed by atoms with Gasteiger partial charge in [0.15, 0.2) is 0 Å². The van der Waals surface area contributed by atoms with E-state index in [4.69, 9.17) is 11.6 Å². The quantitative estimate of drug-likeness (QED) is 0.772. The van der Waals surface area contributed by atoms with E-state index in [2.05, 4.69) is 10.3 Å². The lowest BCUT2D eigenvalue weighted by atomic mass is 10.2. The van der Waals surface area contributed by atoms with E-state index in [1.807, 2.05) is 66.2 Å². The van der Waals surface area contributed by atoms with Gasteiger partial charge in [-0.05, 0) is 43.3 Å². The molecule has 116 valence electrons. The summed E-state index contributed by atoms with van der Waals surface area (Å²) in [7, 11) is 0. The van der Waals surface area contributed by atoms with E-state index in [1.165, 1.54) is 6.92 Å². The fourth-order valence-electron chi connectivity index (χ4n) is 2.49. The van der Waals surface area contributed by atoms with Crippen molar-refractivity contribution in [1.82, 2.24) is 9.55 Å². The van der Waals surface area contributed by atoms with Gasteiger partial charge >= 0.3 is 0 Å². The van der Waals surface area contributed by atoms with Crippen LogP contribution in [0.25, 0.3) is 17.1 Å². The minimum absolute atomic E-state index is 0.0895. The summed E-state index contributed by atoms with van der Waals surface area (Å²) in [5.41, 5.74) is 3.61. The number of aromatic nitrogens is 2. The number of imidazole rings is 1. The van der Waals surface area contributed by atoms with Gasteiger partial charge in [0.25, 0.3) is 0 Å². The molecule has 3 aromatic rings. The summed E-state index contributed by atoms with van der Waals surface area (Å²) in [5.74, 6) is 0.702. The third-order valence-corrected chi connectivity index (χ3v) is 3.83. The van der Waals surface area contributed by atoms with Gasteiger partial charge in [0.1, 0.15) is 5.82 Å². The SMILES string of the molecule is CC(=O)Nc1ccc(-n2c(C)cnc2-c2ccccc2Cl)cc1. The van der Waals surface area contributed by atoms with Gasteiger partial charge in [-0.25, -0.2) is 4.98 Å². The van der Waals surface area contributed by atoms with Crippen molar-refractivity contribution in [2.75, 3.05) is 5.32 Å². The second-order valence-electron chi connectivity index (χ2n) is 5.27. The normalized spacial score (nSPS) is 10.6. The van der Waals surface area contributed by atoms with Crippen molar-refractivity contribution in [1.29, 1.82) is 0 Å². The molecule has 0 saturated carbocycles. The molecule has 1 aromatic heterocycles. The Morgan fingerprint density at radius 3 is 2.48 bits per heavy atom. The van der Waals surface area contributed by atoms with Gasteiger partial charge in [-0.15, -0.1) is 0 Å². The molecule has 0 aliphatic heterocycles. The van der Waals surface area contributed by atoms with Gasteiger partial charge in [0, 0.05) is 35.8 Å². The molecule has 0 spiro atoms. The lowest BCUT2D eigenvalue weighted by molar-refractivity contribution is -0.114. The summed E-state index contributed by atoms with van der Waals surface area (Å²) in [6.07, 6.45) is 1.82. The second kappa shape index (κ2) is 6.26. The molecule has 5 heteroatoms. The average molecular weight is 326 g/mol. The Labute approximate surface area is 139 Å². The average Bonchev–Trinajstić information content (AvgIpc) is 2.90. The number of rotatable bonds is 3. The molecule has 0 saturated heterocycles. The van der Waals surface area contributed by atoms with Crippen LogP contribution in [-0.4, -0.2) is 15.5 Å². The monoisotopic (exact) mass is 325 g/mol. The fourth-order valence-corrected chi connectivity index (χ4v) is 2.71. The first-order chi connectivity index (χ1) is 11.1. The van der Waals surface area contributed by atoms with Crippen LogP contribution in [-0.2, 0) is 4.79 Å². The standard InChI is InChI=1S/C18H16ClN3O/c1-12-11-20-18(16-5-3-4-6-17(16)19)22(12)15-9-7-14(8-10-15)21-13(2)23/h3-11H,1-2H3,(H,21,23). The topological polar surface area (TPSA) is 46.9 Å². The zero-order chi connectivity index (χ0) is 16.4. The molecular formula is C18H16ClN3O. The van der Waals surface area contributed by atoms with E-state index in [9.17, 15) is 4.79 Å². The first kappa shape index (κ1) is 15.3. The van der Waals surface area contributed by atoms with Gasteiger partial charge in [-0.1, -0.05) is 23.7 Å². The number of amides is 1. The highest BCUT2D eigenvalue weighted by Gasteiger charge is 2.13. The van der Waals surface area contributed by atoms with Crippen LogP contribution >= 0.6 is 11.6 Å². The van der Waals surface area contributed by atoms with Crippen molar-refractivity contribution in [2.24, 2.45) is 0 Å².